The Labute approximate surface area is 179 Å². The van der Waals surface area contributed by atoms with Gasteiger partial charge in [-0.15, -0.1) is 11.3 Å². The summed E-state index contributed by atoms with van der Waals surface area (Å²) in [5, 5.41) is 4.17. The highest BCUT2D eigenvalue weighted by Gasteiger charge is 2.11. The number of benzene rings is 3. The number of Topliss-reactive ketones (excluding diaryl/α,β-unsaturated/α-hetero) is 1. The number of hydrogen-bond acceptors (Lipinski definition) is 6. The van der Waals surface area contributed by atoms with E-state index in [0.29, 0.717) is 17.1 Å². The smallest absolute Gasteiger partial charge is 0.181 e. The molecule has 0 aliphatic rings. The second-order valence-corrected chi connectivity index (χ2v) is 7.94. The van der Waals surface area contributed by atoms with Crippen LogP contribution in [-0.4, -0.2) is 31.5 Å². The number of methoxy groups -OCH3 is 2. The lowest BCUT2D eigenvalue weighted by Gasteiger charge is -2.10. The van der Waals surface area contributed by atoms with Crippen LogP contribution in [0.25, 0.3) is 20.8 Å². The van der Waals surface area contributed by atoms with Gasteiger partial charge >= 0.3 is 0 Å². The van der Waals surface area contributed by atoms with Crippen molar-refractivity contribution < 1.29 is 14.3 Å². The summed E-state index contributed by atoms with van der Waals surface area (Å²) in [5.41, 5.74) is 4.76. The van der Waals surface area contributed by atoms with Crippen LogP contribution in [0.4, 0.5) is 5.69 Å². The minimum Gasteiger partial charge on any atom is -0.493 e. The molecule has 0 fully saturated rings. The zero-order valence-electron chi connectivity index (χ0n) is 17.1. The van der Waals surface area contributed by atoms with E-state index in [4.69, 9.17) is 14.5 Å². The summed E-state index contributed by atoms with van der Waals surface area (Å²) in [6.07, 6.45) is 0. The van der Waals surface area contributed by atoms with Crippen LogP contribution in [0.3, 0.4) is 0 Å². The number of thiazole rings is 1. The lowest BCUT2D eigenvalue weighted by molar-refractivity contribution is 0.101. The molecule has 0 radical (unpaired) electrons. The van der Waals surface area contributed by atoms with Crippen molar-refractivity contribution >= 4 is 33.0 Å². The van der Waals surface area contributed by atoms with Crippen molar-refractivity contribution in [1.82, 2.24) is 4.98 Å². The van der Waals surface area contributed by atoms with Gasteiger partial charge in [-0.2, -0.15) is 0 Å². The summed E-state index contributed by atoms with van der Waals surface area (Å²) < 4.78 is 11.7. The minimum atomic E-state index is -0.0263. The van der Waals surface area contributed by atoms with Crippen molar-refractivity contribution in [1.29, 1.82) is 0 Å². The molecule has 0 aliphatic carbocycles. The fourth-order valence-electron chi connectivity index (χ4n) is 3.18. The van der Waals surface area contributed by atoms with E-state index in [9.17, 15) is 4.79 Å². The quantitative estimate of drug-likeness (QED) is 0.397. The maximum absolute atomic E-state index is 12.5. The van der Waals surface area contributed by atoms with Gasteiger partial charge in [-0.1, -0.05) is 6.07 Å². The summed E-state index contributed by atoms with van der Waals surface area (Å²) in [7, 11) is 3.12. The Kier molecular flexibility index (Phi) is 5.68. The van der Waals surface area contributed by atoms with Gasteiger partial charge < -0.3 is 14.8 Å². The molecule has 30 heavy (non-hydrogen) atoms. The maximum atomic E-state index is 12.5. The highest BCUT2D eigenvalue weighted by molar-refractivity contribution is 7.21. The number of fused-ring (bicyclic) bond motifs is 1. The first-order valence-electron chi connectivity index (χ1n) is 9.54. The van der Waals surface area contributed by atoms with Crippen LogP contribution < -0.4 is 14.8 Å². The Morgan fingerprint density at radius 2 is 1.73 bits per heavy atom. The molecular weight excluding hydrogens is 396 g/mol. The summed E-state index contributed by atoms with van der Waals surface area (Å²) in [4.78, 5) is 17.3. The molecule has 152 valence electrons. The Morgan fingerprint density at radius 1 is 0.967 bits per heavy atom. The van der Waals surface area contributed by atoms with Gasteiger partial charge in [0.25, 0.3) is 0 Å². The molecule has 0 saturated heterocycles. The monoisotopic (exact) mass is 418 g/mol. The van der Waals surface area contributed by atoms with E-state index in [1.165, 1.54) is 10.3 Å². The van der Waals surface area contributed by atoms with Crippen molar-refractivity contribution in [3.05, 3.63) is 71.8 Å². The van der Waals surface area contributed by atoms with Gasteiger partial charge in [0.1, 0.15) is 5.01 Å². The van der Waals surface area contributed by atoms with Gasteiger partial charge in [0.05, 0.1) is 31.0 Å². The van der Waals surface area contributed by atoms with Gasteiger partial charge in [-0.05, 0) is 67.1 Å². The van der Waals surface area contributed by atoms with E-state index in [2.05, 4.69) is 30.4 Å². The molecule has 0 aliphatic heterocycles. The van der Waals surface area contributed by atoms with Crippen LogP contribution in [0.2, 0.25) is 0 Å². The van der Waals surface area contributed by atoms with Crippen molar-refractivity contribution in [2.75, 3.05) is 26.1 Å². The van der Waals surface area contributed by atoms with E-state index in [0.717, 1.165) is 21.8 Å². The highest BCUT2D eigenvalue weighted by atomic mass is 32.1. The molecule has 1 N–H and O–H groups in total. The van der Waals surface area contributed by atoms with Crippen molar-refractivity contribution in [2.45, 2.75) is 6.92 Å². The molecule has 4 rings (SSSR count). The van der Waals surface area contributed by atoms with E-state index < -0.39 is 0 Å². The minimum absolute atomic E-state index is 0.0263. The van der Waals surface area contributed by atoms with Gasteiger partial charge in [0.2, 0.25) is 0 Å². The molecule has 1 aromatic heterocycles. The summed E-state index contributed by atoms with van der Waals surface area (Å²) in [6, 6.07) is 19.4. The number of rotatable bonds is 7. The summed E-state index contributed by atoms with van der Waals surface area (Å²) >= 11 is 1.68. The number of hydrogen-bond donors (Lipinski definition) is 1. The van der Waals surface area contributed by atoms with E-state index >= 15 is 0 Å². The lowest BCUT2D eigenvalue weighted by Crippen LogP contribution is -2.14. The lowest BCUT2D eigenvalue weighted by atomic mass is 10.1. The number of aryl methyl sites for hydroxylation is 1. The topological polar surface area (TPSA) is 60.5 Å². The molecule has 0 spiro atoms. The van der Waals surface area contributed by atoms with Crippen LogP contribution >= 0.6 is 11.3 Å². The van der Waals surface area contributed by atoms with Crippen LogP contribution in [0.5, 0.6) is 11.5 Å². The molecule has 1 heterocycles. The van der Waals surface area contributed by atoms with E-state index in [-0.39, 0.29) is 12.3 Å². The number of ketones is 1. The maximum Gasteiger partial charge on any atom is 0.181 e. The third kappa shape index (κ3) is 4.14. The Morgan fingerprint density at radius 3 is 2.47 bits per heavy atom. The van der Waals surface area contributed by atoms with E-state index in [1.807, 2.05) is 24.3 Å². The van der Waals surface area contributed by atoms with Crippen LogP contribution in [0.1, 0.15) is 15.9 Å². The first-order chi connectivity index (χ1) is 14.6. The van der Waals surface area contributed by atoms with E-state index in [1.54, 1.807) is 43.8 Å². The first-order valence-corrected chi connectivity index (χ1v) is 10.4. The number of anilines is 1. The third-order valence-corrected chi connectivity index (χ3v) is 5.90. The normalized spacial score (nSPS) is 10.8. The predicted molar refractivity (Wildman–Crippen MR) is 122 cm³/mol. The molecular formula is C24H22N2O3S. The molecule has 3 aromatic carbocycles. The Hall–Kier alpha value is -3.38. The van der Waals surface area contributed by atoms with Crippen LogP contribution in [0, 0.1) is 6.92 Å². The standard InChI is InChI=1S/C24H22N2O3S/c1-15-4-10-19-23(12-15)30-24(26-19)16-5-8-18(9-6-16)25-14-20(27)17-7-11-21(28-2)22(13-17)29-3/h4-13,25H,14H2,1-3H3. The summed E-state index contributed by atoms with van der Waals surface area (Å²) in [5.74, 6) is 1.11. The largest absolute Gasteiger partial charge is 0.493 e. The fourth-order valence-corrected chi connectivity index (χ4v) is 4.25. The molecule has 5 nitrogen and oxygen atoms in total. The molecule has 4 aromatic rings. The van der Waals surface area contributed by atoms with Gasteiger partial charge in [-0.25, -0.2) is 4.98 Å². The van der Waals surface area contributed by atoms with Crippen molar-refractivity contribution in [2.24, 2.45) is 0 Å². The number of carbonyl (C=O) groups is 1. The fraction of sp³-hybridized carbons (Fsp3) is 0.167. The Bertz CT molecular complexity index is 1200. The number of aromatic nitrogens is 1. The molecule has 0 bridgehead atoms. The average molecular weight is 419 g/mol. The second-order valence-electron chi connectivity index (χ2n) is 6.91. The Balaban J connectivity index is 1.44. The molecule has 6 heteroatoms. The third-order valence-electron chi connectivity index (χ3n) is 4.83. The summed E-state index contributed by atoms with van der Waals surface area (Å²) in [6.45, 7) is 2.28. The first kappa shape index (κ1) is 19.9. The van der Waals surface area contributed by atoms with Gasteiger partial charge in [-0.3, -0.25) is 4.79 Å². The highest BCUT2D eigenvalue weighted by Crippen LogP contribution is 2.31. The SMILES string of the molecule is COc1ccc(C(=O)CNc2ccc(-c3nc4ccc(C)cc4s3)cc2)cc1OC. The average Bonchev–Trinajstić information content (AvgIpc) is 3.20. The number of nitrogens with zero attached hydrogens (tertiary/aromatic N) is 1. The second kappa shape index (κ2) is 8.55. The van der Waals surface area contributed by atoms with Crippen LogP contribution in [-0.2, 0) is 0 Å². The zero-order valence-corrected chi connectivity index (χ0v) is 17.9. The predicted octanol–water partition coefficient (Wildman–Crippen LogP) is 5.58. The number of nitrogens with one attached hydrogen (secondary N) is 1. The van der Waals surface area contributed by atoms with Gasteiger partial charge in [0.15, 0.2) is 17.3 Å². The van der Waals surface area contributed by atoms with Crippen molar-refractivity contribution in [3.8, 4) is 22.1 Å². The molecule has 0 saturated carbocycles. The number of ether oxygens (including phenoxy) is 2. The number of carbonyl (C=O) groups excluding carboxylic acids is 1. The van der Waals surface area contributed by atoms with Crippen LogP contribution in [0.15, 0.2) is 60.7 Å². The molecule has 0 amide bonds. The zero-order chi connectivity index (χ0) is 21.1. The van der Waals surface area contributed by atoms with Crippen molar-refractivity contribution in [3.63, 3.8) is 0 Å². The molecule has 0 unspecified atom stereocenters. The molecule has 0 atom stereocenters. The van der Waals surface area contributed by atoms with Gasteiger partial charge in [0, 0.05) is 16.8 Å².